The molecule has 0 saturated heterocycles. The van der Waals surface area contributed by atoms with Gasteiger partial charge in [0.2, 0.25) is 0 Å². The molecule has 0 aliphatic heterocycles. The van der Waals surface area contributed by atoms with Crippen LogP contribution in [0.1, 0.15) is 21.5 Å². The Kier molecular flexibility index (Phi) is 4.02. The van der Waals surface area contributed by atoms with E-state index in [4.69, 9.17) is 21.4 Å². The van der Waals surface area contributed by atoms with E-state index in [1.807, 2.05) is 13.0 Å². The predicted molar refractivity (Wildman–Crippen MR) is 71.7 cm³/mol. The van der Waals surface area contributed by atoms with Crippen molar-refractivity contribution in [3.8, 4) is 5.75 Å². The maximum absolute atomic E-state index is 11.1. The van der Waals surface area contributed by atoms with Crippen LogP contribution in [0.25, 0.3) is 0 Å². The molecule has 1 aromatic heterocycles. The Bertz CT molecular complexity index is 613. The first kappa shape index (κ1) is 13.4. The third-order valence-electron chi connectivity index (χ3n) is 2.52. The molecule has 2 rings (SSSR count). The van der Waals surface area contributed by atoms with Crippen molar-refractivity contribution in [3.63, 3.8) is 0 Å². The van der Waals surface area contributed by atoms with Crippen molar-refractivity contribution in [2.24, 2.45) is 0 Å². The lowest BCUT2D eigenvalue weighted by atomic mass is 10.2. The van der Waals surface area contributed by atoms with Crippen LogP contribution in [-0.4, -0.2) is 16.1 Å². The number of ether oxygens (including phenoxy) is 1. The Morgan fingerprint density at radius 3 is 2.89 bits per heavy atom. The van der Waals surface area contributed by atoms with Gasteiger partial charge in [0, 0.05) is 18.0 Å². The zero-order valence-corrected chi connectivity index (χ0v) is 11.0. The van der Waals surface area contributed by atoms with E-state index in [0.717, 1.165) is 11.1 Å². The number of halogens is 1. The number of aryl methyl sites for hydroxylation is 1. The maximum Gasteiger partial charge on any atom is 0.341 e. The highest BCUT2D eigenvalue weighted by Gasteiger charge is 2.15. The third kappa shape index (κ3) is 3.23. The van der Waals surface area contributed by atoms with Gasteiger partial charge in [-0.25, -0.2) is 4.79 Å². The summed E-state index contributed by atoms with van der Waals surface area (Å²) < 4.78 is 5.52. The number of carboxylic acid groups (broad SMARTS) is 1. The summed E-state index contributed by atoms with van der Waals surface area (Å²) in [7, 11) is 0. The normalized spacial score (nSPS) is 10.2. The number of hydrogen-bond donors (Lipinski definition) is 1. The van der Waals surface area contributed by atoms with E-state index in [1.165, 1.54) is 6.07 Å². The summed E-state index contributed by atoms with van der Waals surface area (Å²) in [6, 6.07) is 6.68. The fourth-order valence-corrected chi connectivity index (χ4v) is 1.94. The number of carbonyl (C=O) groups is 1. The third-order valence-corrected chi connectivity index (χ3v) is 2.83. The molecule has 1 heterocycles. The minimum atomic E-state index is -1.11. The van der Waals surface area contributed by atoms with Gasteiger partial charge in [-0.2, -0.15) is 0 Å². The lowest BCUT2D eigenvalue weighted by molar-refractivity contribution is 0.0692. The number of hydrogen-bond acceptors (Lipinski definition) is 3. The van der Waals surface area contributed by atoms with Crippen LogP contribution in [0.2, 0.25) is 5.02 Å². The molecule has 0 radical (unpaired) electrons. The van der Waals surface area contributed by atoms with Crippen LogP contribution in [0.15, 0.2) is 36.7 Å². The lowest BCUT2D eigenvalue weighted by Crippen LogP contribution is -2.04. The molecule has 4 nitrogen and oxygen atoms in total. The molecule has 1 aromatic carbocycles. The molecule has 98 valence electrons. The first-order chi connectivity index (χ1) is 9.08. The van der Waals surface area contributed by atoms with E-state index in [0.29, 0.717) is 0 Å². The molecule has 0 amide bonds. The molecular weight excluding hydrogens is 266 g/mol. The summed E-state index contributed by atoms with van der Waals surface area (Å²) in [5, 5.41) is 9.27. The van der Waals surface area contributed by atoms with Gasteiger partial charge >= 0.3 is 5.97 Å². The summed E-state index contributed by atoms with van der Waals surface area (Å²) in [6.45, 7) is 2.17. The first-order valence-corrected chi connectivity index (χ1v) is 6.01. The van der Waals surface area contributed by atoms with Crippen molar-refractivity contribution in [2.75, 3.05) is 0 Å². The van der Waals surface area contributed by atoms with Crippen LogP contribution < -0.4 is 4.74 Å². The topological polar surface area (TPSA) is 59.4 Å². The van der Waals surface area contributed by atoms with E-state index < -0.39 is 5.97 Å². The molecule has 0 bridgehead atoms. The van der Waals surface area contributed by atoms with Crippen molar-refractivity contribution in [3.05, 3.63) is 58.4 Å². The number of pyridine rings is 1. The maximum atomic E-state index is 11.1. The Morgan fingerprint density at radius 2 is 2.21 bits per heavy atom. The summed E-state index contributed by atoms with van der Waals surface area (Å²) in [4.78, 5) is 15.2. The minimum absolute atomic E-state index is 0.0234. The molecule has 0 aliphatic rings. The highest BCUT2D eigenvalue weighted by molar-refractivity contribution is 6.33. The summed E-state index contributed by atoms with van der Waals surface area (Å²) in [6.07, 6.45) is 3.42. The number of carboxylic acids is 1. The average Bonchev–Trinajstić information content (AvgIpc) is 2.36. The molecule has 1 N–H and O–H groups in total. The predicted octanol–water partition coefficient (Wildman–Crippen LogP) is 3.32. The molecule has 0 aliphatic carbocycles. The van der Waals surface area contributed by atoms with Gasteiger partial charge in [-0.3, -0.25) is 4.98 Å². The van der Waals surface area contributed by atoms with Crippen molar-refractivity contribution in [1.29, 1.82) is 0 Å². The van der Waals surface area contributed by atoms with Crippen molar-refractivity contribution >= 4 is 17.6 Å². The zero-order valence-electron chi connectivity index (χ0n) is 10.3. The van der Waals surface area contributed by atoms with Gasteiger partial charge in [0.25, 0.3) is 0 Å². The van der Waals surface area contributed by atoms with E-state index in [9.17, 15) is 4.79 Å². The SMILES string of the molecule is Cc1cncc(COc2cccc(Cl)c2C(=O)O)c1. The number of aromatic carboxylic acids is 1. The van der Waals surface area contributed by atoms with Gasteiger partial charge in [0.1, 0.15) is 17.9 Å². The van der Waals surface area contributed by atoms with Gasteiger partial charge in [0.05, 0.1) is 5.02 Å². The molecule has 2 aromatic rings. The number of aromatic nitrogens is 1. The van der Waals surface area contributed by atoms with Crippen molar-refractivity contribution in [2.45, 2.75) is 13.5 Å². The van der Waals surface area contributed by atoms with Crippen LogP contribution >= 0.6 is 11.6 Å². The van der Waals surface area contributed by atoms with Crippen molar-refractivity contribution < 1.29 is 14.6 Å². The van der Waals surface area contributed by atoms with Gasteiger partial charge < -0.3 is 9.84 Å². The van der Waals surface area contributed by atoms with E-state index in [-0.39, 0.29) is 22.9 Å². The van der Waals surface area contributed by atoms with E-state index in [1.54, 1.807) is 24.5 Å². The second kappa shape index (κ2) is 5.71. The van der Waals surface area contributed by atoms with Crippen LogP contribution in [0.3, 0.4) is 0 Å². The van der Waals surface area contributed by atoms with Crippen molar-refractivity contribution in [1.82, 2.24) is 4.98 Å². The number of benzene rings is 1. The monoisotopic (exact) mass is 277 g/mol. The molecule has 0 fully saturated rings. The minimum Gasteiger partial charge on any atom is -0.488 e. The van der Waals surface area contributed by atoms with Gasteiger partial charge in [-0.1, -0.05) is 17.7 Å². The molecular formula is C14H12ClNO3. The molecule has 5 heteroatoms. The summed E-state index contributed by atoms with van der Waals surface area (Å²) in [5.74, 6) is -0.857. The highest BCUT2D eigenvalue weighted by atomic mass is 35.5. The first-order valence-electron chi connectivity index (χ1n) is 5.63. The second-order valence-electron chi connectivity index (χ2n) is 4.08. The quantitative estimate of drug-likeness (QED) is 0.931. The number of rotatable bonds is 4. The van der Waals surface area contributed by atoms with Crippen LogP contribution in [-0.2, 0) is 6.61 Å². The standard InChI is InChI=1S/C14H12ClNO3/c1-9-5-10(7-16-6-9)8-19-12-4-2-3-11(15)13(12)14(17)18/h2-7H,8H2,1H3,(H,17,18). The Labute approximate surface area is 115 Å². The van der Waals surface area contributed by atoms with Gasteiger partial charge in [-0.15, -0.1) is 0 Å². The van der Waals surface area contributed by atoms with Crippen LogP contribution in [0.4, 0.5) is 0 Å². The Balaban J connectivity index is 2.20. The Morgan fingerprint density at radius 1 is 1.42 bits per heavy atom. The molecule has 19 heavy (non-hydrogen) atoms. The van der Waals surface area contributed by atoms with Gasteiger partial charge in [-0.05, 0) is 30.7 Å². The van der Waals surface area contributed by atoms with Crippen LogP contribution in [0, 0.1) is 6.92 Å². The average molecular weight is 278 g/mol. The van der Waals surface area contributed by atoms with Gasteiger partial charge in [0.15, 0.2) is 0 Å². The molecule has 0 atom stereocenters. The van der Waals surface area contributed by atoms with Crippen LogP contribution in [0.5, 0.6) is 5.75 Å². The highest BCUT2D eigenvalue weighted by Crippen LogP contribution is 2.27. The fourth-order valence-electron chi connectivity index (χ4n) is 1.69. The summed E-state index contributed by atoms with van der Waals surface area (Å²) in [5.41, 5.74) is 1.87. The lowest BCUT2D eigenvalue weighted by Gasteiger charge is -2.10. The molecule has 0 unspecified atom stereocenters. The fraction of sp³-hybridized carbons (Fsp3) is 0.143. The zero-order chi connectivity index (χ0) is 13.8. The number of nitrogens with zero attached hydrogens (tertiary/aromatic N) is 1. The smallest absolute Gasteiger partial charge is 0.341 e. The summed E-state index contributed by atoms with van der Waals surface area (Å²) >= 11 is 5.86. The largest absolute Gasteiger partial charge is 0.488 e. The van der Waals surface area contributed by atoms with E-state index >= 15 is 0 Å². The van der Waals surface area contributed by atoms with E-state index in [2.05, 4.69) is 4.98 Å². The molecule has 0 saturated carbocycles. The molecule has 0 spiro atoms. The second-order valence-corrected chi connectivity index (χ2v) is 4.48. The Hall–Kier alpha value is -2.07.